The highest BCUT2D eigenvalue weighted by molar-refractivity contribution is 5.80. The first-order valence-electron chi connectivity index (χ1n) is 9.87. The predicted molar refractivity (Wildman–Crippen MR) is 112 cm³/mol. The zero-order valence-electron chi connectivity index (χ0n) is 17.1. The first kappa shape index (κ1) is 20.7. The average molecular weight is 393 g/mol. The van der Waals surface area contributed by atoms with E-state index in [1.165, 1.54) is 5.56 Å². The number of nitrogens with one attached hydrogen (secondary N) is 1. The fourth-order valence-corrected chi connectivity index (χ4v) is 3.23. The second-order valence-electron chi connectivity index (χ2n) is 7.55. The standard InChI is InChI=1S/C22H28N6O/c1-15(2)18-9-11-19(12-10-18)20(23)14-24-22(29)21(28-16(3)25-26-27-28)13-17-7-5-4-6-8-17/h4-12,15,20-21H,13-14,23H2,1-3H3,(H,24,29). The molecular weight excluding hydrogens is 364 g/mol. The van der Waals surface area contributed by atoms with Gasteiger partial charge in [-0.05, 0) is 40.0 Å². The van der Waals surface area contributed by atoms with Gasteiger partial charge in [0, 0.05) is 19.0 Å². The van der Waals surface area contributed by atoms with Crippen LogP contribution in [0.5, 0.6) is 0 Å². The lowest BCUT2D eigenvalue weighted by atomic mass is 9.99. The van der Waals surface area contributed by atoms with E-state index in [2.05, 4.69) is 46.8 Å². The molecule has 2 aromatic carbocycles. The highest BCUT2D eigenvalue weighted by Crippen LogP contribution is 2.18. The summed E-state index contributed by atoms with van der Waals surface area (Å²) in [5, 5.41) is 14.6. The SMILES string of the molecule is Cc1nnnn1C(Cc1ccccc1)C(=O)NCC(N)c1ccc(C(C)C)cc1. The normalized spacial score (nSPS) is 13.3. The van der Waals surface area contributed by atoms with Crippen LogP contribution in [0.1, 0.15) is 54.4 Å². The molecule has 0 aliphatic heterocycles. The minimum Gasteiger partial charge on any atom is -0.352 e. The molecule has 1 amide bonds. The Kier molecular flexibility index (Phi) is 6.72. The monoisotopic (exact) mass is 392 g/mol. The van der Waals surface area contributed by atoms with Gasteiger partial charge in [-0.1, -0.05) is 68.4 Å². The summed E-state index contributed by atoms with van der Waals surface area (Å²) in [5.41, 5.74) is 9.61. The quantitative estimate of drug-likeness (QED) is 0.614. The number of aromatic nitrogens is 4. The lowest BCUT2D eigenvalue weighted by Gasteiger charge is -2.20. The van der Waals surface area contributed by atoms with E-state index in [0.29, 0.717) is 24.7 Å². The Morgan fingerprint density at radius 1 is 1.07 bits per heavy atom. The number of aryl methyl sites for hydroxylation is 1. The number of carbonyl (C=O) groups is 1. The van der Waals surface area contributed by atoms with Crippen LogP contribution in [-0.2, 0) is 11.2 Å². The van der Waals surface area contributed by atoms with Gasteiger partial charge in [-0.2, -0.15) is 0 Å². The highest BCUT2D eigenvalue weighted by Gasteiger charge is 2.24. The molecule has 29 heavy (non-hydrogen) atoms. The third kappa shape index (κ3) is 5.26. The minimum absolute atomic E-state index is 0.154. The number of amides is 1. The molecule has 0 aliphatic carbocycles. The number of hydrogen-bond acceptors (Lipinski definition) is 5. The number of benzene rings is 2. The Hall–Kier alpha value is -3.06. The van der Waals surface area contributed by atoms with Crippen molar-refractivity contribution in [2.24, 2.45) is 5.73 Å². The summed E-state index contributed by atoms with van der Waals surface area (Å²) in [7, 11) is 0. The van der Waals surface area contributed by atoms with Gasteiger partial charge in [-0.15, -0.1) is 5.10 Å². The maximum atomic E-state index is 13.0. The molecule has 0 fully saturated rings. The molecule has 7 nitrogen and oxygen atoms in total. The lowest BCUT2D eigenvalue weighted by Crippen LogP contribution is -2.38. The van der Waals surface area contributed by atoms with E-state index in [1.807, 2.05) is 42.5 Å². The molecule has 1 aromatic heterocycles. The molecule has 2 atom stereocenters. The first-order chi connectivity index (χ1) is 14.0. The van der Waals surface area contributed by atoms with E-state index >= 15 is 0 Å². The Morgan fingerprint density at radius 3 is 2.31 bits per heavy atom. The van der Waals surface area contributed by atoms with Crippen molar-refractivity contribution in [3.63, 3.8) is 0 Å². The first-order valence-corrected chi connectivity index (χ1v) is 9.87. The summed E-state index contributed by atoms with van der Waals surface area (Å²) in [6, 6.07) is 17.2. The van der Waals surface area contributed by atoms with Crippen molar-refractivity contribution in [1.82, 2.24) is 25.5 Å². The third-order valence-electron chi connectivity index (χ3n) is 5.05. The van der Waals surface area contributed by atoms with Gasteiger partial charge in [0.05, 0.1) is 0 Å². The van der Waals surface area contributed by atoms with Gasteiger partial charge in [-0.3, -0.25) is 4.79 Å². The van der Waals surface area contributed by atoms with Crippen LogP contribution < -0.4 is 11.1 Å². The molecule has 3 rings (SSSR count). The fourth-order valence-electron chi connectivity index (χ4n) is 3.23. The molecule has 152 valence electrons. The van der Waals surface area contributed by atoms with E-state index in [9.17, 15) is 4.79 Å². The number of tetrazole rings is 1. The van der Waals surface area contributed by atoms with E-state index in [1.54, 1.807) is 11.6 Å². The summed E-state index contributed by atoms with van der Waals surface area (Å²) >= 11 is 0. The number of carbonyl (C=O) groups excluding carboxylic acids is 1. The zero-order valence-corrected chi connectivity index (χ0v) is 17.1. The summed E-state index contributed by atoms with van der Waals surface area (Å²) in [4.78, 5) is 13.0. The third-order valence-corrected chi connectivity index (χ3v) is 5.05. The Balaban J connectivity index is 1.68. The van der Waals surface area contributed by atoms with Gasteiger partial charge in [-0.25, -0.2) is 4.68 Å². The topological polar surface area (TPSA) is 98.7 Å². The molecular formula is C22H28N6O. The predicted octanol–water partition coefficient (Wildman–Crippen LogP) is 2.70. The Bertz CT molecular complexity index is 920. The largest absolute Gasteiger partial charge is 0.352 e. The van der Waals surface area contributed by atoms with Gasteiger partial charge in [0.25, 0.3) is 0 Å². The maximum Gasteiger partial charge on any atom is 0.245 e. The molecule has 3 N–H and O–H groups in total. The molecule has 1 heterocycles. The van der Waals surface area contributed by atoms with Crippen molar-refractivity contribution in [3.05, 3.63) is 77.1 Å². The molecule has 3 aromatic rings. The second kappa shape index (κ2) is 9.43. The maximum absolute atomic E-state index is 13.0. The van der Waals surface area contributed by atoms with Crippen molar-refractivity contribution in [2.75, 3.05) is 6.54 Å². The van der Waals surface area contributed by atoms with Crippen LogP contribution in [0.3, 0.4) is 0 Å². The second-order valence-corrected chi connectivity index (χ2v) is 7.55. The van der Waals surface area contributed by atoms with Crippen LogP contribution in [-0.4, -0.2) is 32.7 Å². The minimum atomic E-state index is -0.539. The van der Waals surface area contributed by atoms with E-state index < -0.39 is 6.04 Å². The number of nitrogens with zero attached hydrogens (tertiary/aromatic N) is 4. The van der Waals surface area contributed by atoms with Crippen molar-refractivity contribution < 1.29 is 4.79 Å². The van der Waals surface area contributed by atoms with Crippen LogP contribution in [0.15, 0.2) is 54.6 Å². The molecule has 0 saturated carbocycles. The van der Waals surface area contributed by atoms with Gasteiger partial charge < -0.3 is 11.1 Å². The molecule has 7 heteroatoms. The molecule has 0 spiro atoms. The number of rotatable bonds is 8. The Labute approximate surface area is 171 Å². The summed E-state index contributed by atoms with van der Waals surface area (Å²) in [5.74, 6) is 0.909. The summed E-state index contributed by atoms with van der Waals surface area (Å²) in [6.45, 7) is 6.44. The van der Waals surface area contributed by atoms with Crippen LogP contribution in [0, 0.1) is 6.92 Å². The van der Waals surface area contributed by atoms with Gasteiger partial charge in [0.15, 0.2) is 0 Å². The van der Waals surface area contributed by atoms with E-state index in [-0.39, 0.29) is 11.9 Å². The fraction of sp³-hybridized carbons (Fsp3) is 0.364. The van der Waals surface area contributed by atoms with Gasteiger partial charge >= 0.3 is 0 Å². The van der Waals surface area contributed by atoms with Gasteiger partial charge in [0.1, 0.15) is 11.9 Å². The molecule has 0 radical (unpaired) electrons. The van der Waals surface area contributed by atoms with Crippen LogP contribution in [0.25, 0.3) is 0 Å². The van der Waals surface area contributed by atoms with Crippen LogP contribution >= 0.6 is 0 Å². The van der Waals surface area contributed by atoms with Crippen molar-refractivity contribution in [2.45, 2.75) is 45.2 Å². The zero-order chi connectivity index (χ0) is 20.8. The molecule has 0 aliphatic rings. The molecule has 2 unspecified atom stereocenters. The molecule has 0 saturated heterocycles. The summed E-state index contributed by atoms with van der Waals surface area (Å²) < 4.78 is 1.56. The van der Waals surface area contributed by atoms with Gasteiger partial charge in [0.2, 0.25) is 5.91 Å². The van der Waals surface area contributed by atoms with Crippen LogP contribution in [0.2, 0.25) is 0 Å². The highest BCUT2D eigenvalue weighted by atomic mass is 16.2. The number of hydrogen-bond donors (Lipinski definition) is 2. The van der Waals surface area contributed by atoms with Crippen molar-refractivity contribution in [1.29, 1.82) is 0 Å². The van der Waals surface area contributed by atoms with Crippen molar-refractivity contribution >= 4 is 5.91 Å². The van der Waals surface area contributed by atoms with E-state index in [4.69, 9.17) is 5.73 Å². The number of nitrogens with two attached hydrogens (primary N) is 1. The average Bonchev–Trinajstić information content (AvgIpc) is 3.16. The van der Waals surface area contributed by atoms with Crippen LogP contribution in [0.4, 0.5) is 0 Å². The van der Waals surface area contributed by atoms with Crippen molar-refractivity contribution in [3.8, 4) is 0 Å². The smallest absolute Gasteiger partial charge is 0.245 e. The van der Waals surface area contributed by atoms with E-state index in [0.717, 1.165) is 11.1 Å². The summed E-state index contributed by atoms with van der Waals surface area (Å²) in [6.07, 6.45) is 0.497. The lowest BCUT2D eigenvalue weighted by molar-refractivity contribution is -0.124. The Morgan fingerprint density at radius 2 is 1.72 bits per heavy atom. The molecule has 0 bridgehead atoms.